The summed E-state index contributed by atoms with van der Waals surface area (Å²) in [7, 11) is 0. The van der Waals surface area contributed by atoms with Gasteiger partial charge in [-0.05, 0) is 12.8 Å². The van der Waals surface area contributed by atoms with Crippen LogP contribution in [-0.4, -0.2) is 52.2 Å². The Hall–Kier alpha value is -0.650. The van der Waals surface area contributed by atoms with Crippen molar-refractivity contribution in [3.8, 4) is 0 Å². The maximum Gasteiger partial charge on any atom is 0.184 e. The lowest BCUT2D eigenvalue weighted by Crippen LogP contribution is -2.52. The van der Waals surface area contributed by atoms with Crippen LogP contribution in [-0.2, 0) is 4.74 Å². The van der Waals surface area contributed by atoms with E-state index >= 15 is 0 Å². The molecule has 0 amide bonds. The standard InChI is InChI=1S/C11H19NO4/c1-2-3-8-12-9-7(16-8)4-6(5-13)10(14)11(9)15/h6-7,9-11,13-15H,2-5H2,1H3/t6-,7-,9-,10-,11-/m1/s1. The zero-order valence-corrected chi connectivity index (χ0v) is 9.41. The van der Waals surface area contributed by atoms with Crippen LogP contribution in [0.15, 0.2) is 4.99 Å². The van der Waals surface area contributed by atoms with Gasteiger partial charge in [-0.2, -0.15) is 0 Å². The molecule has 2 rings (SSSR count). The molecule has 1 aliphatic heterocycles. The van der Waals surface area contributed by atoms with Crippen molar-refractivity contribution in [3.05, 3.63) is 0 Å². The third-order valence-electron chi connectivity index (χ3n) is 3.38. The van der Waals surface area contributed by atoms with E-state index in [1.807, 2.05) is 6.92 Å². The predicted molar refractivity (Wildman–Crippen MR) is 58.2 cm³/mol. The van der Waals surface area contributed by atoms with Gasteiger partial charge in [0.25, 0.3) is 0 Å². The van der Waals surface area contributed by atoms with Gasteiger partial charge in [0.15, 0.2) is 5.90 Å². The molecule has 0 spiro atoms. The third-order valence-corrected chi connectivity index (χ3v) is 3.38. The molecule has 0 aromatic rings. The van der Waals surface area contributed by atoms with E-state index in [-0.39, 0.29) is 24.7 Å². The molecule has 2 aliphatic rings. The van der Waals surface area contributed by atoms with Crippen molar-refractivity contribution in [2.45, 2.75) is 50.5 Å². The van der Waals surface area contributed by atoms with Gasteiger partial charge < -0.3 is 20.1 Å². The first-order valence-corrected chi connectivity index (χ1v) is 5.87. The summed E-state index contributed by atoms with van der Waals surface area (Å²) in [4.78, 5) is 4.30. The van der Waals surface area contributed by atoms with E-state index < -0.39 is 12.2 Å². The van der Waals surface area contributed by atoms with Crippen LogP contribution in [0.5, 0.6) is 0 Å². The highest BCUT2D eigenvalue weighted by Gasteiger charge is 2.47. The fourth-order valence-electron chi connectivity index (χ4n) is 2.45. The van der Waals surface area contributed by atoms with Gasteiger partial charge in [-0.3, -0.25) is 0 Å². The van der Waals surface area contributed by atoms with Crippen molar-refractivity contribution in [3.63, 3.8) is 0 Å². The molecule has 5 heteroatoms. The molecule has 1 saturated carbocycles. The molecule has 1 fully saturated rings. The van der Waals surface area contributed by atoms with Crippen LogP contribution in [0.2, 0.25) is 0 Å². The van der Waals surface area contributed by atoms with Gasteiger partial charge in [0.05, 0.1) is 6.10 Å². The monoisotopic (exact) mass is 229 g/mol. The van der Waals surface area contributed by atoms with E-state index in [0.29, 0.717) is 12.3 Å². The Morgan fingerprint density at radius 1 is 1.38 bits per heavy atom. The van der Waals surface area contributed by atoms with Crippen molar-refractivity contribution in [1.82, 2.24) is 0 Å². The lowest BCUT2D eigenvalue weighted by atomic mass is 9.80. The SMILES string of the molecule is CCCC1=N[C@H]2[C@@H](O)[C@H](O)[C@@H](CO)C[C@H]2O1. The van der Waals surface area contributed by atoms with Crippen LogP contribution in [0.25, 0.3) is 0 Å². The lowest BCUT2D eigenvalue weighted by Gasteiger charge is -2.36. The van der Waals surface area contributed by atoms with E-state index in [9.17, 15) is 10.2 Å². The maximum atomic E-state index is 9.89. The van der Waals surface area contributed by atoms with Crippen molar-refractivity contribution in [2.75, 3.05) is 6.61 Å². The highest BCUT2D eigenvalue weighted by atomic mass is 16.5. The minimum Gasteiger partial charge on any atom is -0.475 e. The quantitative estimate of drug-likeness (QED) is 0.620. The number of nitrogens with zero attached hydrogens (tertiary/aromatic N) is 1. The van der Waals surface area contributed by atoms with Crippen LogP contribution in [0.1, 0.15) is 26.2 Å². The number of hydrogen-bond acceptors (Lipinski definition) is 5. The Balaban J connectivity index is 2.08. The Morgan fingerprint density at radius 2 is 2.12 bits per heavy atom. The minimum atomic E-state index is -0.926. The Bertz CT molecular complexity index is 281. The molecule has 0 aromatic heterocycles. The van der Waals surface area contributed by atoms with Crippen LogP contribution < -0.4 is 0 Å². The topological polar surface area (TPSA) is 82.3 Å². The zero-order valence-electron chi connectivity index (χ0n) is 9.41. The first-order valence-electron chi connectivity index (χ1n) is 5.87. The summed E-state index contributed by atoms with van der Waals surface area (Å²) < 4.78 is 5.62. The second kappa shape index (κ2) is 4.69. The van der Waals surface area contributed by atoms with Gasteiger partial charge in [0.1, 0.15) is 18.2 Å². The first-order chi connectivity index (χ1) is 7.67. The van der Waals surface area contributed by atoms with Crippen LogP contribution in [0, 0.1) is 5.92 Å². The van der Waals surface area contributed by atoms with Gasteiger partial charge in [-0.15, -0.1) is 0 Å². The molecule has 92 valence electrons. The number of aliphatic hydroxyl groups is 3. The van der Waals surface area contributed by atoms with Crippen LogP contribution >= 0.6 is 0 Å². The van der Waals surface area contributed by atoms with Gasteiger partial charge in [0.2, 0.25) is 0 Å². The molecule has 0 saturated heterocycles. The smallest absolute Gasteiger partial charge is 0.184 e. The Morgan fingerprint density at radius 3 is 2.75 bits per heavy atom. The molecular weight excluding hydrogens is 210 g/mol. The fraction of sp³-hybridized carbons (Fsp3) is 0.909. The van der Waals surface area contributed by atoms with E-state index in [0.717, 1.165) is 12.8 Å². The van der Waals surface area contributed by atoms with E-state index in [4.69, 9.17) is 9.84 Å². The summed E-state index contributed by atoms with van der Waals surface area (Å²) in [6.07, 6.45) is 0.248. The van der Waals surface area contributed by atoms with Crippen molar-refractivity contribution < 1.29 is 20.1 Å². The summed E-state index contributed by atoms with van der Waals surface area (Å²) in [5.74, 6) is 0.356. The molecule has 0 bridgehead atoms. The van der Waals surface area contributed by atoms with E-state index in [2.05, 4.69) is 4.99 Å². The highest BCUT2D eigenvalue weighted by molar-refractivity contribution is 5.78. The van der Waals surface area contributed by atoms with Gasteiger partial charge >= 0.3 is 0 Å². The second-order valence-corrected chi connectivity index (χ2v) is 4.58. The second-order valence-electron chi connectivity index (χ2n) is 4.58. The van der Waals surface area contributed by atoms with Crippen LogP contribution in [0.4, 0.5) is 0 Å². The van der Waals surface area contributed by atoms with Crippen molar-refractivity contribution >= 4 is 5.90 Å². The van der Waals surface area contributed by atoms with Gasteiger partial charge in [-0.1, -0.05) is 6.92 Å². The number of rotatable bonds is 3. The number of hydrogen-bond donors (Lipinski definition) is 3. The number of aliphatic hydroxyl groups excluding tert-OH is 3. The summed E-state index contributed by atoms with van der Waals surface area (Å²) >= 11 is 0. The summed E-state index contributed by atoms with van der Waals surface area (Å²) in [6.45, 7) is 1.91. The van der Waals surface area contributed by atoms with Gasteiger partial charge in [-0.25, -0.2) is 4.99 Å². The number of fused-ring (bicyclic) bond motifs is 1. The molecule has 0 aromatic carbocycles. The summed E-state index contributed by atoms with van der Waals surface area (Å²) in [5, 5.41) is 28.8. The number of aliphatic imine (C=N–C) groups is 1. The predicted octanol–water partition coefficient (Wildman–Crippen LogP) is -0.314. The summed E-state index contributed by atoms with van der Waals surface area (Å²) in [5.41, 5.74) is 0. The zero-order chi connectivity index (χ0) is 11.7. The average molecular weight is 229 g/mol. The van der Waals surface area contributed by atoms with E-state index in [1.54, 1.807) is 0 Å². The molecule has 0 radical (unpaired) electrons. The Kier molecular flexibility index (Phi) is 3.47. The average Bonchev–Trinajstić information content (AvgIpc) is 2.67. The molecule has 0 unspecified atom stereocenters. The summed E-state index contributed by atoms with van der Waals surface area (Å²) in [6, 6.07) is -0.362. The molecule has 3 N–H and O–H groups in total. The van der Waals surface area contributed by atoms with Crippen molar-refractivity contribution in [1.29, 1.82) is 0 Å². The fourth-order valence-corrected chi connectivity index (χ4v) is 2.45. The molecule has 5 atom stereocenters. The van der Waals surface area contributed by atoms with Crippen LogP contribution in [0.3, 0.4) is 0 Å². The largest absolute Gasteiger partial charge is 0.475 e. The maximum absolute atomic E-state index is 9.89. The molecule has 1 aliphatic carbocycles. The first kappa shape index (κ1) is 11.8. The number of ether oxygens (including phenoxy) is 1. The molecule has 1 heterocycles. The van der Waals surface area contributed by atoms with E-state index in [1.165, 1.54) is 0 Å². The third kappa shape index (κ3) is 1.95. The van der Waals surface area contributed by atoms with Gasteiger partial charge in [0, 0.05) is 18.9 Å². The molecule has 16 heavy (non-hydrogen) atoms. The normalized spacial score (nSPS) is 42.5. The Labute approximate surface area is 94.8 Å². The van der Waals surface area contributed by atoms with Crippen molar-refractivity contribution in [2.24, 2.45) is 10.9 Å². The molecule has 5 nitrogen and oxygen atoms in total. The minimum absolute atomic E-state index is 0.131. The molecular formula is C11H19NO4. The lowest BCUT2D eigenvalue weighted by molar-refractivity contribution is -0.0947. The highest BCUT2D eigenvalue weighted by Crippen LogP contribution is 2.33.